The number of benzene rings is 9. The van der Waals surface area contributed by atoms with Crippen LogP contribution in [0.4, 0.5) is 0 Å². The number of halogens is 1. The summed E-state index contributed by atoms with van der Waals surface area (Å²) in [6.45, 7) is 0. The Kier molecular flexibility index (Phi) is 12.7. The zero-order valence-corrected chi connectivity index (χ0v) is 38.0. The number of hydrogen-bond acceptors (Lipinski definition) is 0. The Hall–Kier alpha value is -6.71. The van der Waals surface area contributed by atoms with Crippen molar-refractivity contribution in [1.82, 2.24) is 0 Å². The molecule has 62 heavy (non-hydrogen) atoms. The van der Waals surface area contributed by atoms with Gasteiger partial charge < -0.3 is 0 Å². The fourth-order valence-electron chi connectivity index (χ4n) is 8.73. The Balaban J connectivity index is 1.65. The summed E-state index contributed by atoms with van der Waals surface area (Å²) in [4.78, 5) is 0. The van der Waals surface area contributed by atoms with Gasteiger partial charge in [-0.25, -0.2) is 0 Å². The molecule has 2 heteroatoms. The summed E-state index contributed by atoms with van der Waals surface area (Å²) in [7, 11) is 9.76. The predicted molar refractivity (Wildman–Crippen MR) is 267 cm³/mol. The fourth-order valence-corrected chi connectivity index (χ4v) is 25.2. The van der Waals surface area contributed by atoms with Crippen LogP contribution in [0.1, 0.15) is 50.1 Å². The van der Waals surface area contributed by atoms with Crippen LogP contribution < -0.4 is 0 Å². The van der Waals surface area contributed by atoms with E-state index in [0.29, 0.717) is 0 Å². The van der Waals surface area contributed by atoms with Crippen LogP contribution in [-0.2, 0) is 0 Å². The van der Waals surface area contributed by atoms with E-state index >= 15 is 0 Å². The van der Waals surface area contributed by atoms with Gasteiger partial charge in [-0.05, 0) is 0 Å². The summed E-state index contributed by atoms with van der Waals surface area (Å²) in [6, 6.07) is 98.2. The molecule has 0 nitrogen and oxygen atoms in total. The van der Waals surface area contributed by atoms with Crippen molar-refractivity contribution in [2.75, 3.05) is 0 Å². The molecule has 9 aromatic rings. The van der Waals surface area contributed by atoms with Crippen molar-refractivity contribution < 1.29 is 0 Å². The fraction of sp³-hybridized carbons (Fsp3) is 0. The van der Waals surface area contributed by atoms with Gasteiger partial charge in [-0.3, -0.25) is 0 Å². The summed E-state index contributed by atoms with van der Waals surface area (Å²) < 4.78 is 3.51. The summed E-state index contributed by atoms with van der Waals surface area (Å²) in [6.07, 6.45) is 0. The van der Waals surface area contributed by atoms with E-state index in [4.69, 9.17) is 0 Å². The van der Waals surface area contributed by atoms with Gasteiger partial charge in [0.1, 0.15) is 0 Å². The maximum atomic E-state index is 9.76. The van der Waals surface area contributed by atoms with Crippen LogP contribution in [0, 0.1) is 0 Å². The predicted octanol–water partition coefficient (Wildman–Crippen LogP) is 15.8. The second-order valence-electron chi connectivity index (χ2n) is 15.2. The van der Waals surface area contributed by atoms with E-state index in [-0.39, 0.29) is 0 Å². The van der Waals surface area contributed by atoms with E-state index in [2.05, 4.69) is 273 Å². The molecule has 9 rings (SSSR count). The second-order valence-corrected chi connectivity index (χ2v) is 27.0. The molecule has 0 N–H and O–H groups in total. The minimum absolute atomic E-state index is 1.10. The zero-order chi connectivity index (χ0) is 42.0. The summed E-state index contributed by atoms with van der Waals surface area (Å²) in [5.41, 5.74) is 13.4. The van der Waals surface area contributed by atoms with E-state index in [0.717, 1.165) is 66.8 Å². The van der Waals surface area contributed by atoms with Crippen molar-refractivity contribution in [3.63, 3.8) is 0 Å². The Morgan fingerprint density at radius 2 is 0.323 bits per heavy atom. The monoisotopic (exact) mass is 920 g/mol. The van der Waals surface area contributed by atoms with E-state index in [1.165, 1.54) is 10.8 Å². The summed E-state index contributed by atoms with van der Waals surface area (Å²) in [5, 5.41) is 0. The van der Waals surface area contributed by atoms with Crippen LogP contribution in [0.2, 0.25) is 0 Å². The van der Waals surface area contributed by atoms with Gasteiger partial charge in [0.25, 0.3) is 0 Å². The van der Waals surface area contributed by atoms with E-state index in [1.54, 1.807) is 0 Å². The third-order valence-corrected chi connectivity index (χ3v) is 25.7. The van der Waals surface area contributed by atoms with Crippen molar-refractivity contribution in [1.29, 1.82) is 0 Å². The van der Waals surface area contributed by atoms with Crippen LogP contribution in [0.5, 0.6) is 0 Å². The minimum atomic E-state index is -5.37. The first-order valence-corrected chi connectivity index (χ1v) is 29.0. The quantitative estimate of drug-likeness (QED) is 0.0846. The Morgan fingerprint density at radius 3 is 0.468 bits per heavy atom. The molecular weight excluding hydrogens is 875 g/mol. The third-order valence-electron chi connectivity index (χ3n) is 11.3. The van der Waals surface area contributed by atoms with Crippen LogP contribution in [0.3, 0.4) is 0 Å². The molecule has 0 bridgehead atoms. The van der Waals surface area contributed by atoms with E-state index in [1.807, 2.05) is 0 Å². The van der Waals surface area contributed by atoms with Crippen molar-refractivity contribution in [3.05, 3.63) is 323 Å². The molecule has 0 saturated carbocycles. The van der Waals surface area contributed by atoms with Gasteiger partial charge in [0, 0.05) is 0 Å². The Labute approximate surface area is 374 Å². The molecule has 0 aromatic heterocycles. The number of hydrogen-bond donors (Lipinski definition) is 0. The van der Waals surface area contributed by atoms with Crippen LogP contribution in [0.15, 0.2) is 273 Å². The molecule has 0 atom stereocenters. The van der Waals surface area contributed by atoms with Crippen molar-refractivity contribution in [3.8, 4) is 0 Å². The maximum absolute atomic E-state index is 9.76. The Morgan fingerprint density at radius 1 is 0.194 bits per heavy atom. The standard InChI is InChI=1S/3C20H15.ClH.Sn/c3*1-4-10-17(11-5-1)16-20(18-12-6-2-7-13-18)19-14-8-3-9-15-19;;/h3*1-15H;1H;/q;;;;+1/p-1. The summed E-state index contributed by atoms with van der Waals surface area (Å²) in [5.74, 6) is 0. The van der Waals surface area contributed by atoms with Gasteiger partial charge >= 0.3 is 377 Å². The van der Waals surface area contributed by atoms with Gasteiger partial charge in [0.05, 0.1) is 0 Å². The molecule has 0 fully saturated rings. The second kappa shape index (κ2) is 19.3. The average molecular weight is 920 g/mol. The van der Waals surface area contributed by atoms with Crippen molar-refractivity contribution in [2.45, 2.75) is 0 Å². The zero-order valence-electron chi connectivity index (χ0n) is 34.4. The van der Waals surface area contributed by atoms with Gasteiger partial charge in [0.15, 0.2) is 0 Å². The molecule has 0 saturated heterocycles. The molecule has 0 spiro atoms. The average Bonchev–Trinajstić information content (AvgIpc) is 3.36. The first-order chi connectivity index (χ1) is 30.7. The first kappa shape index (κ1) is 40.7. The molecule has 0 heterocycles. The SMILES string of the molecule is [Cl][Sn]([C](=C(c1ccccc1)c1ccccc1)c1ccccc1)([C](=C(c1ccccc1)c1ccccc1)c1ccccc1)[C](=C(c1ccccc1)c1ccccc1)c1ccccc1. The molecule has 0 aliphatic heterocycles. The van der Waals surface area contributed by atoms with Crippen LogP contribution in [-0.4, -0.2) is 17.3 Å². The van der Waals surface area contributed by atoms with Crippen LogP contribution in [0.25, 0.3) is 27.5 Å². The van der Waals surface area contributed by atoms with Crippen LogP contribution >= 0.6 is 8.92 Å². The molecular formula is C60H45ClSn. The topological polar surface area (TPSA) is 0 Å². The van der Waals surface area contributed by atoms with Gasteiger partial charge in [-0.1, -0.05) is 0 Å². The molecule has 0 amide bonds. The van der Waals surface area contributed by atoms with E-state index < -0.39 is 17.3 Å². The van der Waals surface area contributed by atoms with Gasteiger partial charge in [0.2, 0.25) is 0 Å². The third kappa shape index (κ3) is 8.45. The molecule has 296 valence electrons. The first-order valence-electron chi connectivity index (χ1n) is 21.1. The molecule has 0 aliphatic carbocycles. The van der Waals surface area contributed by atoms with Crippen molar-refractivity contribution in [2.24, 2.45) is 0 Å². The molecule has 0 unspecified atom stereocenters. The summed E-state index contributed by atoms with van der Waals surface area (Å²) >= 11 is -5.37. The number of rotatable bonds is 12. The Bertz CT molecular complexity index is 2480. The molecule has 9 aromatic carbocycles. The van der Waals surface area contributed by atoms with Gasteiger partial charge in [-0.15, -0.1) is 0 Å². The van der Waals surface area contributed by atoms with Crippen molar-refractivity contribution >= 4 is 53.7 Å². The van der Waals surface area contributed by atoms with E-state index in [9.17, 15) is 8.92 Å². The molecule has 0 aliphatic rings. The van der Waals surface area contributed by atoms with Gasteiger partial charge in [-0.2, -0.15) is 0 Å². The molecule has 0 radical (unpaired) electrons. The normalized spacial score (nSPS) is 11.0.